The molecule has 0 spiro atoms. The van der Waals surface area contributed by atoms with Crippen molar-refractivity contribution in [2.45, 2.75) is 33.7 Å². The summed E-state index contributed by atoms with van der Waals surface area (Å²) >= 11 is 1.68. The maximum absolute atomic E-state index is 4.64. The molecule has 2 aromatic rings. The number of hydrogen-bond donors (Lipinski definition) is 1. The maximum atomic E-state index is 4.64. The Kier molecular flexibility index (Phi) is 4.38. The predicted molar refractivity (Wildman–Crippen MR) is 74.6 cm³/mol. The van der Waals surface area contributed by atoms with Crippen LogP contribution in [-0.4, -0.2) is 21.5 Å². The minimum atomic E-state index is 0.725. The van der Waals surface area contributed by atoms with E-state index in [2.05, 4.69) is 34.1 Å². The maximum Gasteiger partial charge on any atom is 0.188 e. The van der Waals surface area contributed by atoms with Gasteiger partial charge >= 0.3 is 0 Å². The van der Waals surface area contributed by atoms with Crippen LogP contribution in [0, 0.1) is 6.92 Å². The van der Waals surface area contributed by atoms with Gasteiger partial charge in [-0.25, -0.2) is 15.0 Å². The molecule has 18 heavy (non-hydrogen) atoms. The molecule has 96 valence electrons. The van der Waals surface area contributed by atoms with Gasteiger partial charge < -0.3 is 5.32 Å². The second-order valence-electron chi connectivity index (χ2n) is 4.11. The van der Waals surface area contributed by atoms with Gasteiger partial charge in [0.1, 0.15) is 0 Å². The van der Waals surface area contributed by atoms with Crippen LogP contribution in [0.1, 0.15) is 30.0 Å². The van der Waals surface area contributed by atoms with Crippen molar-refractivity contribution in [3.8, 4) is 10.8 Å². The molecule has 0 aliphatic rings. The Labute approximate surface area is 112 Å². The molecular formula is C13H18N4S. The summed E-state index contributed by atoms with van der Waals surface area (Å²) in [5.74, 6) is 0.725. The fourth-order valence-electron chi connectivity index (χ4n) is 1.63. The zero-order valence-corrected chi connectivity index (χ0v) is 11.8. The van der Waals surface area contributed by atoms with Gasteiger partial charge in [0, 0.05) is 23.8 Å². The van der Waals surface area contributed by atoms with E-state index in [-0.39, 0.29) is 0 Å². The highest BCUT2D eigenvalue weighted by atomic mass is 32.1. The highest BCUT2D eigenvalue weighted by Gasteiger charge is 2.12. The summed E-state index contributed by atoms with van der Waals surface area (Å²) in [6, 6.07) is 0. The van der Waals surface area contributed by atoms with E-state index < -0.39 is 0 Å². The summed E-state index contributed by atoms with van der Waals surface area (Å²) in [5.41, 5.74) is 2.22. The smallest absolute Gasteiger partial charge is 0.188 e. The van der Waals surface area contributed by atoms with Crippen LogP contribution < -0.4 is 5.32 Å². The van der Waals surface area contributed by atoms with Gasteiger partial charge in [-0.15, -0.1) is 11.3 Å². The Morgan fingerprint density at radius 2 is 1.94 bits per heavy atom. The number of rotatable bonds is 5. The van der Waals surface area contributed by atoms with E-state index in [0.717, 1.165) is 41.6 Å². The molecular weight excluding hydrogens is 244 g/mol. The number of hydrogen-bond acceptors (Lipinski definition) is 5. The fraction of sp³-hybridized carbons (Fsp3) is 0.462. The summed E-state index contributed by atoms with van der Waals surface area (Å²) in [6.45, 7) is 8.07. The van der Waals surface area contributed by atoms with Crippen LogP contribution in [0.3, 0.4) is 0 Å². The van der Waals surface area contributed by atoms with Crippen molar-refractivity contribution in [1.82, 2.24) is 20.3 Å². The third kappa shape index (κ3) is 2.91. The van der Waals surface area contributed by atoms with E-state index in [1.54, 1.807) is 11.3 Å². The summed E-state index contributed by atoms with van der Waals surface area (Å²) in [6.07, 6.45) is 4.61. The normalized spacial score (nSPS) is 10.8. The van der Waals surface area contributed by atoms with E-state index >= 15 is 0 Å². The van der Waals surface area contributed by atoms with Crippen LogP contribution in [0.4, 0.5) is 0 Å². The molecule has 0 bridgehead atoms. The van der Waals surface area contributed by atoms with Crippen LogP contribution in [-0.2, 0) is 13.0 Å². The Morgan fingerprint density at radius 3 is 2.56 bits per heavy atom. The molecule has 0 fully saturated rings. The average molecular weight is 262 g/mol. The summed E-state index contributed by atoms with van der Waals surface area (Å²) in [5, 5.41) is 4.26. The lowest BCUT2D eigenvalue weighted by Gasteiger charge is -1.99. The Morgan fingerprint density at radius 1 is 1.22 bits per heavy atom. The number of aromatic nitrogens is 3. The quantitative estimate of drug-likeness (QED) is 0.900. The Balaban J connectivity index is 2.28. The predicted octanol–water partition coefficient (Wildman–Crippen LogP) is 2.58. The minimum Gasteiger partial charge on any atom is -0.312 e. The molecule has 0 saturated heterocycles. The van der Waals surface area contributed by atoms with Crippen molar-refractivity contribution in [1.29, 1.82) is 0 Å². The van der Waals surface area contributed by atoms with E-state index in [9.17, 15) is 0 Å². The van der Waals surface area contributed by atoms with Crippen molar-refractivity contribution in [2.75, 3.05) is 6.54 Å². The largest absolute Gasteiger partial charge is 0.312 e. The number of thiazole rings is 1. The molecule has 0 atom stereocenters. The monoisotopic (exact) mass is 262 g/mol. The lowest BCUT2D eigenvalue weighted by molar-refractivity contribution is 0.727. The SMILES string of the molecule is CCNCc1sc(-c2ncc(C)cn2)nc1CC. The topological polar surface area (TPSA) is 50.7 Å². The number of nitrogens with zero attached hydrogens (tertiary/aromatic N) is 3. The molecule has 0 aliphatic carbocycles. The molecule has 5 heteroatoms. The van der Waals surface area contributed by atoms with Crippen molar-refractivity contribution in [2.24, 2.45) is 0 Å². The fourth-order valence-corrected chi connectivity index (χ4v) is 2.70. The van der Waals surface area contributed by atoms with E-state index in [1.807, 2.05) is 19.3 Å². The third-order valence-corrected chi connectivity index (χ3v) is 3.71. The molecule has 1 N–H and O–H groups in total. The van der Waals surface area contributed by atoms with Crippen LogP contribution in [0.15, 0.2) is 12.4 Å². The first-order chi connectivity index (χ1) is 8.74. The number of nitrogens with one attached hydrogen (secondary N) is 1. The summed E-state index contributed by atoms with van der Waals surface area (Å²) < 4.78 is 0. The van der Waals surface area contributed by atoms with Crippen LogP contribution in [0.25, 0.3) is 10.8 Å². The van der Waals surface area contributed by atoms with Gasteiger partial charge in [0.15, 0.2) is 10.8 Å². The van der Waals surface area contributed by atoms with Crippen molar-refractivity contribution in [3.63, 3.8) is 0 Å². The van der Waals surface area contributed by atoms with E-state index in [1.165, 1.54) is 4.88 Å². The van der Waals surface area contributed by atoms with Gasteiger partial charge in [-0.1, -0.05) is 13.8 Å². The average Bonchev–Trinajstić information content (AvgIpc) is 2.80. The highest BCUT2D eigenvalue weighted by molar-refractivity contribution is 7.15. The minimum absolute atomic E-state index is 0.725. The molecule has 0 amide bonds. The second-order valence-corrected chi connectivity index (χ2v) is 5.19. The molecule has 0 aromatic carbocycles. The third-order valence-electron chi connectivity index (χ3n) is 2.62. The van der Waals surface area contributed by atoms with Gasteiger partial charge in [0.25, 0.3) is 0 Å². The van der Waals surface area contributed by atoms with E-state index in [0.29, 0.717) is 0 Å². The lowest BCUT2D eigenvalue weighted by atomic mass is 10.3. The molecule has 2 heterocycles. The standard InChI is InChI=1S/C13H18N4S/c1-4-10-11(8-14-5-2)18-13(17-10)12-15-6-9(3)7-16-12/h6-7,14H,4-5,8H2,1-3H3. The van der Waals surface area contributed by atoms with Crippen molar-refractivity contribution in [3.05, 3.63) is 28.5 Å². The highest BCUT2D eigenvalue weighted by Crippen LogP contribution is 2.26. The molecule has 2 rings (SSSR count). The summed E-state index contributed by atoms with van der Waals surface area (Å²) in [4.78, 5) is 14.6. The molecule has 4 nitrogen and oxygen atoms in total. The Bertz CT molecular complexity index is 504. The Hall–Kier alpha value is -1.33. The zero-order valence-electron chi connectivity index (χ0n) is 11.0. The first-order valence-electron chi connectivity index (χ1n) is 6.22. The summed E-state index contributed by atoms with van der Waals surface area (Å²) in [7, 11) is 0. The van der Waals surface area contributed by atoms with Crippen LogP contribution in [0.5, 0.6) is 0 Å². The van der Waals surface area contributed by atoms with Gasteiger partial charge in [-0.3, -0.25) is 0 Å². The van der Waals surface area contributed by atoms with Gasteiger partial charge in [0.2, 0.25) is 0 Å². The zero-order chi connectivity index (χ0) is 13.0. The molecule has 0 aliphatic heterocycles. The number of aryl methyl sites for hydroxylation is 2. The van der Waals surface area contributed by atoms with Crippen LogP contribution >= 0.6 is 11.3 Å². The first-order valence-corrected chi connectivity index (χ1v) is 7.04. The van der Waals surface area contributed by atoms with Crippen molar-refractivity contribution < 1.29 is 0 Å². The van der Waals surface area contributed by atoms with E-state index in [4.69, 9.17) is 0 Å². The second kappa shape index (κ2) is 6.02. The molecule has 2 aromatic heterocycles. The van der Waals surface area contributed by atoms with Crippen LogP contribution in [0.2, 0.25) is 0 Å². The van der Waals surface area contributed by atoms with Crippen molar-refractivity contribution >= 4 is 11.3 Å². The molecule has 0 radical (unpaired) electrons. The van der Waals surface area contributed by atoms with Gasteiger partial charge in [-0.05, 0) is 25.5 Å². The van der Waals surface area contributed by atoms with Gasteiger partial charge in [-0.2, -0.15) is 0 Å². The lowest BCUT2D eigenvalue weighted by Crippen LogP contribution is -2.11. The first kappa shape index (κ1) is 13.1. The molecule has 0 unspecified atom stereocenters. The van der Waals surface area contributed by atoms with Gasteiger partial charge in [0.05, 0.1) is 5.69 Å². The molecule has 0 saturated carbocycles.